The topological polar surface area (TPSA) is 82.6 Å². The Morgan fingerprint density at radius 1 is 1.38 bits per heavy atom. The van der Waals surface area contributed by atoms with Gasteiger partial charge < -0.3 is 20.8 Å². The van der Waals surface area contributed by atoms with Crippen molar-refractivity contribution in [3.05, 3.63) is 24.0 Å². The Balaban J connectivity index is 3.02. The van der Waals surface area contributed by atoms with Gasteiger partial charge in [0.1, 0.15) is 4.99 Å². The highest BCUT2D eigenvalue weighted by Gasteiger charge is 2.11. The van der Waals surface area contributed by atoms with Gasteiger partial charge in [-0.2, -0.15) is 0 Å². The van der Waals surface area contributed by atoms with Crippen LogP contribution in [0.15, 0.2) is 18.5 Å². The van der Waals surface area contributed by atoms with Gasteiger partial charge >= 0.3 is 0 Å². The quantitative estimate of drug-likeness (QED) is 0.583. The number of nitrogens with two attached hydrogens (primary N) is 1. The van der Waals surface area contributed by atoms with Gasteiger partial charge in [-0.1, -0.05) is 12.2 Å². The van der Waals surface area contributed by atoms with Crippen molar-refractivity contribution in [2.24, 2.45) is 5.73 Å². The minimum Gasteiger partial charge on any atom is -0.395 e. The van der Waals surface area contributed by atoms with Crippen LogP contribution >= 0.6 is 12.2 Å². The van der Waals surface area contributed by atoms with Crippen LogP contribution in [-0.2, 0) is 0 Å². The molecule has 6 heteroatoms. The Labute approximate surface area is 99.5 Å². The van der Waals surface area contributed by atoms with Crippen LogP contribution in [0.1, 0.15) is 5.56 Å². The van der Waals surface area contributed by atoms with Crippen LogP contribution in [0.4, 0.5) is 5.69 Å². The fourth-order valence-corrected chi connectivity index (χ4v) is 1.61. The molecule has 0 atom stereocenters. The van der Waals surface area contributed by atoms with Gasteiger partial charge in [0.25, 0.3) is 0 Å². The molecule has 4 N–H and O–H groups in total. The molecule has 0 fully saturated rings. The second-order valence-electron chi connectivity index (χ2n) is 3.19. The van der Waals surface area contributed by atoms with Crippen molar-refractivity contribution in [3.8, 4) is 0 Å². The van der Waals surface area contributed by atoms with E-state index >= 15 is 0 Å². The molecule has 1 aromatic rings. The second kappa shape index (κ2) is 6.37. The second-order valence-corrected chi connectivity index (χ2v) is 3.63. The van der Waals surface area contributed by atoms with Crippen LogP contribution in [0.25, 0.3) is 0 Å². The summed E-state index contributed by atoms with van der Waals surface area (Å²) in [5, 5.41) is 17.9. The summed E-state index contributed by atoms with van der Waals surface area (Å²) in [4.78, 5) is 6.06. The monoisotopic (exact) mass is 241 g/mol. The van der Waals surface area contributed by atoms with Gasteiger partial charge in [-0.05, 0) is 6.07 Å². The van der Waals surface area contributed by atoms with Gasteiger partial charge in [0, 0.05) is 24.8 Å². The van der Waals surface area contributed by atoms with E-state index in [2.05, 4.69) is 4.98 Å². The minimum atomic E-state index is -0.00827. The van der Waals surface area contributed by atoms with Gasteiger partial charge in [-0.15, -0.1) is 0 Å². The summed E-state index contributed by atoms with van der Waals surface area (Å²) in [5.41, 5.74) is 7.03. The van der Waals surface area contributed by atoms with Crippen LogP contribution in [0.5, 0.6) is 0 Å². The molecular weight excluding hydrogens is 226 g/mol. The molecule has 0 aliphatic heterocycles. The van der Waals surface area contributed by atoms with Crippen molar-refractivity contribution >= 4 is 22.9 Å². The molecule has 5 nitrogen and oxygen atoms in total. The van der Waals surface area contributed by atoms with Crippen LogP contribution in [-0.4, -0.2) is 46.5 Å². The fourth-order valence-electron chi connectivity index (χ4n) is 1.44. The molecule has 1 aromatic heterocycles. The molecule has 0 saturated carbocycles. The lowest BCUT2D eigenvalue weighted by atomic mass is 10.2. The third kappa shape index (κ3) is 3.13. The number of aromatic nitrogens is 1. The number of thiocarbonyl (C=S) groups is 1. The molecule has 88 valence electrons. The zero-order valence-electron chi connectivity index (χ0n) is 8.83. The molecular formula is C10H15N3O2S. The molecule has 0 aliphatic carbocycles. The number of pyridine rings is 1. The van der Waals surface area contributed by atoms with E-state index in [1.807, 2.05) is 0 Å². The van der Waals surface area contributed by atoms with Crippen molar-refractivity contribution in [2.45, 2.75) is 0 Å². The molecule has 0 aromatic carbocycles. The lowest BCUT2D eigenvalue weighted by molar-refractivity contribution is 0.281. The van der Waals surface area contributed by atoms with Crippen molar-refractivity contribution in [1.29, 1.82) is 0 Å². The van der Waals surface area contributed by atoms with Gasteiger partial charge in [0.05, 0.1) is 25.1 Å². The highest BCUT2D eigenvalue weighted by atomic mass is 32.1. The number of aliphatic hydroxyl groups excluding tert-OH is 2. The summed E-state index contributed by atoms with van der Waals surface area (Å²) in [6.45, 7) is 0.793. The average molecular weight is 241 g/mol. The highest BCUT2D eigenvalue weighted by Crippen LogP contribution is 2.18. The van der Waals surface area contributed by atoms with E-state index in [-0.39, 0.29) is 18.2 Å². The molecule has 0 saturated heterocycles. The van der Waals surface area contributed by atoms with E-state index in [1.165, 1.54) is 0 Å². The largest absolute Gasteiger partial charge is 0.395 e. The number of hydrogen-bond acceptors (Lipinski definition) is 5. The summed E-state index contributed by atoms with van der Waals surface area (Å²) in [7, 11) is 0. The van der Waals surface area contributed by atoms with Crippen LogP contribution in [0.2, 0.25) is 0 Å². The number of rotatable bonds is 6. The normalized spacial score (nSPS) is 10.1. The van der Waals surface area contributed by atoms with Crippen molar-refractivity contribution in [3.63, 3.8) is 0 Å². The minimum absolute atomic E-state index is 0.00827. The molecule has 0 radical (unpaired) electrons. The SMILES string of the molecule is NC(=S)c1ccncc1N(CCO)CCO. The van der Waals surface area contributed by atoms with Crippen molar-refractivity contribution < 1.29 is 10.2 Å². The Morgan fingerprint density at radius 3 is 2.50 bits per heavy atom. The third-order valence-corrected chi connectivity index (χ3v) is 2.37. The summed E-state index contributed by atoms with van der Waals surface area (Å²) in [5.74, 6) is 0. The maximum atomic E-state index is 8.95. The molecule has 1 rings (SSSR count). The summed E-state index contributed by atoms with van der Waals surface area (Å²) in [6, 6.07) is 1.72. The molecule has 0 spiro atoms. The Morgan fingerprint density at radius 2 is 2.00 bits per heavy atom. The molecule has 16 heavy (non-hydrogen) atoms. The zero-order valence-corrected chi connectivity index (χ0v) is 9.65. The number of anilines is 1. The Bertz CT molecular complexity index is 354. The average Bonchev–Trinajstić information content (AvgIpc) is 2.29. The first-order valence-electron chi connectivity index (χ1n) is 4.91. The van der Waals surface area contributed by atoms with E-state index in [0.717, 1.165) is 5.69 Å². The van der Waals surface area contributed by atoms with Crippen molar-refractivity contribution in [1.82, 2.24) is 4.98 Å². The summed E-state index contributed by atoms with van der Waals surface area (Å²) < 4.78 is 0. The standard InChI is InChI=1S/C10H15N3O2S/c11-10(16)8-1-2-12-7-9(8)13(3-5-14)4-6-15/h1-2,7,14-15H,3-6H2,(H2,11,16). The Kier molecular flexibility index (Phi) is 5.10. The first-order valence-corrected chi connectivity index (χ1v) is 5.32. The zero-order chi connectivity index (χ0) is 12.0. The van der Waals surface area contributed by atoms with E-state index in [9.17, 15) is 0 Å². The maximum Gasteiger partial charge on any atom is 0.106 e. The molecule has 0 bridgehead atoms. The van der Waals surface area contributed by atoms with Gasteiger partial charge in [-0.25, -0.2) is 0 Å². The highest BCUT2D eigenvalue weighted by molar-refractivity contribution is 7.80. The predicted molar refractivity (Wildman–Crippen MR) is 66.5 cm³/mol. The van der Waals surface area contributed by atoms with Crippen LogP contribution in [0.3, 0.4) is 0 Å². The predicted octanol–water partition coefficient (Wildman–Crippen LogP) is -0.493. The first kappa shape index (κ1) is 12.8. The maximum absolute atomic E-state index is 8.95. The van der Waals surface area contributed by atoms with E-state index < -0.39 is 0 Å². The Hall–Kier alpha value is -1.24. The molecule has 1 heterocycles. The van der Waals surface area contributed by atoms with Crippen LogP contribution < -0.4 is 10.6 Å². The van der Waals surface area contributed by atoms with Crippen molar-refractivity contribution in [2.75, 3.05) is 31.2 Å². The smallest absolute Gasteiger partial charge is 0.106 e. The lowest BCUT2D eigenvalue weighted by Gasteiger charge is -2.24. The fraction of sp³-hybridized carbons (Fsp3) is 0.400. The van der Waals surface area contributed by atoms with Gasteiger partial charge in [-0.3, -0.25) is 4.98 Å². The van der Waals surface area contributed by atoms with Gasteiger partial charge in [0.2, 0.25) is 0 Å². The third-order valence-electron chi connectivity index (χ3n) is 2.15. The van der Waals surface area contributed by atoms with Gasteiger partial charge in [0.15, 0.2) is 0 Å². The van der Waals surface area contributed by atoms with E-state index in [1.54, 1.807) is 23.4 Å². The van der Waals surface area contributed by atoms with E-state index in [0.29, 0.717) is 18.7 Å². The lowest BCUT2D eigenvalue weighted by Crippen LogP contribution is -2.31. The number of hydrogen-bond donors (Lipinski definition) is 3. The van der Waals surface area contributed by atoms with E-state index in [4.69, 9.17) is 28.2 Å². The first-order chi connectivity index (χ1) is 7.70. The van der Waals surface area contributed by atoms with Crippen LogP contribution in [0, 0.1) is 0 Å². The number of aliphatic hydroxyl groups is 2. The molecule has 0 unspecified atom stereocenters. The molecule has 0 amide bonds. The summed E-state index contributed by atoms with van der Waals surface area (Å²) >= 11 is 4.94. The summed E-state index contributed by atoms with van der Waals surface area (Å²) in [6.07, 6.45) is 3.23. The number of nitrogens with zero attached hydrogens (tertiary/aromatic N) is 2. The molecule has 0 aliphatic rings.